The lowest BCUT2D eigenvalue weighted by atomic mass is 9.97. The van der Waals surface area contributed by atoms with E-state index in [1.165, 1.54) is 0 Å². The maximum absolute atomic E-state index is 12.5. The zero-order valence-corrected chi connectivity index (χ0v) is 17.4. The Morgan fingerprint density at radius 2 is 1.70 bits per heavy atom. The molecule has 4 aromatic rings. The van der Waals surface area contributed by atoms with Crippen molar-refractivity contribution in [3.05, 3.63) is 94.3 Å². The van der Waals surface area contributed by atoms with E-state index in [1.54, 1.807) is 6.92 Å². The van der Waals surface area contributed by atoms with E-state index in [2.05, 4.69) is 15.5 Å². The Kier molecular flexibility index (Phi) is 5.63. The first-order valence-electron chi connectivity index (χ1n) is 9.54. The van der Waals surface area contributed by atoms with Crippen molar-refractivity contribution >= 4 is 17.5 Å². The molecule has 30 heavy (non-hydrogen) atoms. The molecule has 1 N–H and O–H groups in total. The molecule has 0 aliphatic carbocycles. The number of benzene rings is 3. The van der Waals surface area contributed by atoms with Gasteiger partial charge in [-0.1, -0.05) is 48.0 Å². The highest BCUT2D eigenvalue weighted by atomic mass is 35.5. The van der Waals surface area contributed by atoms with Gasteiger partial charge in [0.15, 0.2) is 0 Å². The largest absolute Gasteiger partial charge is 0.421 e. The zero-order chi connectivity index (χ0) is 21.1. The quantitative estimate of drug-likeness (QED) is 0.458. The molecule has 0 unspecified atom stereocenters. The third-order valence-electron chi connectivity index (χ3n) is 4.87. The molecule has 4 rings (SSSR count). The zero-order valence-electron chi connectivity index (χ0n) is 16.6. The summed E-state index contributed by atoms with van der Waals surface area (Å²) in [4.78, 5) is 12.5. The van der Waals surface area contributed by atoms with Gasteiger partial charge in [-0.3, -0.25) is 4.79 Å². The van der Waals surface area contributed by atoms with Crippen LogP contribution in [0.5, 0.6) is 0 Å². The number of carbonyl (C=O) groups excluding carboxylic acids is 1. The smallest absolute Gasteiger partial charge is 0.251 e. The molecule has 0 aliphatic rings. The number of amides is 1. The van der Waals surface area contributed by atoms with Crippen LogP contribution in [0.25, 0.3) is 22.6 Å². The summed E-state index contributed by atoms with van der Waals surface area (Å²) in [7, 11) is 0. The van der Waals surface area contributed by atoms with E-state index in [9.17, 15) is 4.79 Å². The molecule has 1 aromatic heterocycles. The molecule has 1 amide bonds. The Balaban J connectivity index is 1.52. The van der Waals surface area contributed by atoms with Crippen LogP contribution in [0.4, 0.5) is 0 Å². The summed E-state index contributed by atoms with van der Waals surface area (Å²) in [6.07, 6.45) is 0. The molecule has 0 atom stereocenters. The molecular formula is C24H20ClN3O2. The molecule has 5 nitrogen and oxygen atoms in total. The monoisotopic (exact) mass is 417 g/mol. The van der Waals surface area contributed by atoms with E-state index in [0.717, 1.165) is 27.8 Å². The van der Waals surface area contributed by atoms with Gasteiger partial charge in [-0.25, -0.2) is 0 Å². The van der Waals surface area contributed by atoms with E-state index >= 15 is 0 Å². The number of hydrogen-bond acceptors (Lipinski definition) is 4. The third-order valence-corrected chi connectivity index (χ3v) is 5.23. The molecule has 0 fully saturated rings. The van der Waals surface area contributed by atoms with Gasteiger partial charge in [0.05, 0.1) is 0 Å². The molecule has 0 saturated heterocycles. The summed E-state index contributed by atoms with van der Waals surface area (Å²) in [6.45, 7) is 4.19. The Morgan fingerprint density at radius 1 is 0.967 bits per heavy atom. The second-order valence-electron chi connectivity index (χ2n) is 7.01. The van der Waals surface area contributed by atoms with Crippen LogP contribution in [-0.4, -0.2) is 16.1 Å². The van der Waals surface area contributed by atoms with Gasteiger partial charge in [0.2, 0.25) is 11.8 Å². The van der Waals surface area contributed by atoms with Gasteiger partial charge in [-0.2, -0.15) is 0 Å². The van der Waals surface area contributed by atoms with Crippen molar-refractivity contribution in [2.75, 3.05) is 0 Å². The normalized spacial score (nSPS) is 10.8. The van der Waals surface area contributed by atoms with Gasteiger partial charge in [0, 0.05) is 29.6 Å². The van der Waals surface area contributed by atoms with Crippen molar-refractivity contribution in [1.29, 1.82) is 0 Å². The molecule has 1 heterocycles. The van der Waals surface area contributed by atoms with Crippen LogP contribution in [0.15, 0.2) is 71.1 Å². The second-order valence-corrected chi connectivity index (χ2v) is 7.41. The van der Waals surface area contributed by atoms with Gasteiger partial charge < -0.3 is 9.73 Å². The average Bonchev–Trinajstić information content (AvgIpc) is 3.20. The van der Waals surface area contributed by atoms with Crippen molar-refractivity contribution in [2.45, 2.75) is 20.4 Å². The summed E-state index contributed by atoms with van der Waals surface area (Å²) >= 11 is 6.15. The topological polar surface area (TPSA) is 68.0 Å². The predicted molar refractivity (Wildman–Crippen MR) is 117 cm³/mol. The highest BCUT2D eigenvalue weighted by Gasteiger charge is 2.11. The van der Waals surface area contributed by atoms with Crippen molar-refractivity contribution < 1.29 is 9.21 Å². The standard InChI is InChI=1S/C24H20ClN3O2/c1-15-7-8-19(24-28-27-16(2)30-24)13-21(15)17-9-11-18(12-10-17)23(29)26-14-20-5-3-4-6-22(20)25/h3-13H,14H2,1-2H3,(H,26,29). The summed E-state index contributed by atoms with van der Waals surface area (Å²) in [5, 5.41) is 11.5. The van der Waals surface area contributed by atoms with E-state index in [1.807, 2.05) is 73.7 Å². The lowest BCUT2D eigenvalue weighted by molar-refractivity contribution is 0.0951. The van der Waals surface area contributed by atoms with Crippen molar-refractivity contribution in [2.24, 2.45) is 0 Å². The summed E-state index contributed by atoms with van der Waals surface area (Å²) in [5.74, 6) is 0.872. The number of hydrogen-bond donors (Lipinski definition) is 1. The van der Waals surface area contributed by atoms with Crippen LogP contribution < -0.4 is 5.32 Å². The number of aryl methyl sites for hydroxylation is 2. The molecule has 3 aromatic carbocycles. The van der Waals surface area contributed by atoms with Gasteiger partial charge in [0.25, 0.3) is 5.91 Å². The SMILES string of the molecule is Cc1nnc(-c2ccc(C)c(-c3ccc(C(=O)NCc4ccccc4Cl)cc3)c2)o1. The maximum Gasteiger partial charge on any atom is 0.251 e. The van der Waals surface area contributed by atoms with Crippen LogP contribution in [0.3, 0.4) is 0 Å². The minimum Gasteiger partial charge on any atom is -0.421 e. The first kappa shape index (κ1) is 19.9. The second kappa shape index (κ2) is 8.51. The fraction of sp³-hybridized carbons (Fsp3) is 0.125. The molecule has 150 valence electrons. The number of aromatic nitrogens is 2. The van der Waals surface area contributed by atoms with Gasteiger partial charge in [-0.15, -0.1) is 10.2 Å². The minimum absolute atomic E-state index is 0.145. The molecule has 0 aliphatic heterocycles. The third kappa shape index (κ3) is 4.26. The summed E-state index contributed by atoms with van der Waals surface area (Å²) in [6, 6.07) is 21.0. The average molecular weight is 418 g/mol. The number of rotatable bonds is 5. The first-order chi connectivity index (χ1) is 14.5. The lowest BCUT2D eigenvalue weighted by Gasteiger charge is -2.10. The van der Waals surface area contributed by atoms with Crippen molar-refractivity contribution in [3.8, 4) is 22.6 Å². The van der Waals surface area contributed by atoms with Gasteiger partial charge >= 0.3 is 0 Å². The molecule has 0 radical (unpaired) electrons. The minimum atomic E-state index is -0.145. The predicted octanol–water partition coefficient (Wildman–Crippen LogP) is 5.60. The molecule has 0 bridgehead atoms. The Hall–Kier alpha value is -3.44. The number of carbonyl (C=O) groups is 1. The van der Waals surface area contributed by atoms with Crippen LogP contribution >= 0.6 is 11.6 Å². The van der Waals surface area contributed by atoms with Gasteiger partial charge in [-0.05, 0) is 59.5 Å². The fourth-order valence-corrected chi connectivity index (χ4v) is 3.40. The number of nitrogens with zero attached hydrogens (tertiary/aromatic N) is 2. The van der Waals surface area contributed by atoms with Crippen LogP contribution in [0, 0.1) is 13.8 Å². The Morgan fingerprint density at radius 3 is 2.40 bits per heavy atom. The van der Waals surface area contributed by atoms with Crippen molar-refractivity contribution in [1.82, 2.24) is 15.5 Å². The summed E-state index contributed by atoms with van der Waals surface area (Å²) < 4.78 is 5.54. The number of nitrogens with one attached hydrogen (secondary N) is 1. The maximum atomic E-state index is 12.5. The molecule has 0 saturated carbocycles. The van der Waals surface area contributed by atoms with E-state index in [4.69, 9.17) is 16.0 Å². The summed E-state index contributed by atoms with van der Waals surface area (Å²) in [5.41, 5.74) is 5.50. The highest BCUT2D eigenvalue weighted by molar-refractivity contribution is 6.31. The molecular weight excluding hydrogens is 398 g/mol. The van der Waals surface area contributed by atoms with Crippen LogP contribution in [-0.2, 0) is 6.54 Å². The van der Waals surface area contributed by atoms with E-state index in [0.29, 0.717) is 28.9 Å². The molecule has 6 heteroatoms. The van der Waals surface area contributed by atoms with Crippen LogP contribution in [0.2, 0.25) is 5.02 Å². The first-order valence-corrected chi connectivity index (χ1v) is 9.92. The van der Waals surface area contributed by atoms with Gasteiger partial charge in [0.1, 0.15) is 0 Å². The molecule has 0 spiro atoms. The Bertz CT molecular complexity index is 1200. The van der Waals surface area contributed by atoms with Crippen molar-refractivity contribution in [3.63, 3.8) is 0 Å². The number of halogens is 1. The Labute approximate surface area is 179 Å². The lowest BCUT2D eigenvalue weighted by Crippen LogP contribution is -2.22. The van der Waals surface area contributed by atoms with E-state index < -0.39 is 0 Å². The van der Waals surface area contributed by atoms with Crippen LogP contribution in [0.1, 0.15) is 27.4 Å². The highest BCUT2D eigenvalue weighted by Crippen LogP contribution is 2.29. The fourth-order valence-electron chi connectivity index (χ4n) is 3.20. The van der Waals surface area contributed by atoms with E-state index in [-0.39, 0.29) is 5.91 Å².